The fourth-order valence-electron chi connectivity index (χ4n) is 10.7. The van der Waals surface area contributed by atoms with Gasteiger partial charge in [-0.3, -0.25) is 0 Å². The summed E-state index contributed by atoms with van der Waals surface area (Å²) in [6.07, 6.45) is 0. The fourth-order valence-corrected chi connectivity index (χ4v) is 10.7. The summed E-state index contributed by atoms with van der Waals surface area (Å²) >= 11 is 0. The van der Waals surface area contributed by atoms with Gasteiger partial charge in [0.1, 0.15) is 5.75 Å². The van der Waals surface area contributed by atoms with Gasteiger partial charge in [0.05, 0.1) is 11.4 Å². The van der Waals surface area contributed by atoms with E-state index in [1.54, 1.807) is 0 Å². The minimum atomic E-state index is -0.535. The molecule has 0 bridgehead atoms. The lowest BCUT2D eigenvalue weighted by atomic mass is 9.72. The predicted octanol–water partition coefficient (Wildman–Crippen LogP) is 14.7. The fraction of sp³-hybridized carbons (Fsp3) is 0.102. The first-order valence-corrected chi connectivity index (χ1v) is 21.3. The smallest absolute Gasteiger partial charge is 0.127 e. The number of benzene rings is 8. The van der Waals surface area contributed by atoms with Crippen molar-refractivity contribution >= 4 is 0 Å². The van der Waals surface area contributed by atoms with E-state index >= 15 is 0 Å². The standard InChI is InChI=1S/C59H45NO/c1-37-32-39(36-40(33-37)58(3)50-26-13-9-20-43(50)44-21-10-14-27-51(44)58)41-18-5-7-24-47(41)55-30-17-31-56(60-55)48-25-8-6-19-42(48)49-34-38(2)35-54(57(49)61)59(4)52-28-15-11-22-45(52)46-23-12-16-29-53(46)59/h5-36,61H,1-4H3. The van der Waals surface area contributed by atoms with Crippen molar-refractivity contribution in [1.29, 1.82) is 0 Å². The van der Waals surface area contributed by atoms with Crippen LogP contribution in [0.25, 0.3) is 67.0 Å². The van der Waals surface area contributed by atoms with E-state index in [0.717, 1.165) is 50.3 Å². The lowest BCUT2D eigenvalue weighted by Gasteiger charge is -2.30. The van der Waals surface area contributed by atoms with Gasteiger partial charge in [0.2, 0.25) is 0 Å². The summed E-state index contributed by atoms with van der Waals surface area (Å²) < 4.78 is 0. The van der Waals surface area contributed by atoms with Gasteiger partial charge in [0, 0.05) is 33.1 Å². The Bertz CT molecular complexity index is 3130. The maximum Gasteiger partial charge on any atom is 0.127 e. The summed E-state index contributed by atoms with van der Waals surface area (Å²) in [4.78, 5) is 5.42. The number of aromatic nitrogens is 1. The van der Waals surface area contributed by atoms with Crippen LogP contribution in [0, 0.1) is 13.8 Å². The summed E-state index contributed by atoms with van der Waals surface area (Å²) in [5, 5.41) is 12.5. The van der Waals surface area contributed by atoms with Crippen molar-refractivity contribution in [3.63, 3.8) is 0 Å². The number of hydrogen-bond donors (Lipinski definition) is 1. The van der Waals surface area contributed by atoms with Crippen LogP contribution in [-0.2, 0) is 10.8 Å². The highest BCUT2D eigenvalue weighted by atomic mass is 16.3. The second-order valence-electron chi connectivity index (χ2n) is 17.2. The molecule has 9 aromatic rings. The molecule has 61 heavy (non-hydrogen) atoms. The monoisotopic (exact) mass is 783 g/mol. The van der Waals surface area contributed by atoms with Crippen molar-refractivity contribution in [3.8, 4) is 72.8 Å². The van der Waals surface area contributed by atoms with Gasteiger partial charge < -0.3 is 5.11 Å². The molecule has 1 heterocycles. The van der Waals surface area contributed by atoms with E-state index in [2.05, 4.69) is 222 Å². The second kappa shape index (κ2) is 13.9. The number of aryl methyl sites for hydroxylation is 2. The highest BCUT2D eigenvalue weighted by Gasteiger charge is 2.43. The van der Waals surface area contributed by atoms with Gasteiger partial charge in [0.15, 0.2) is 0 Å². The Kier molecular flexibility index (Phi) is 8.38. The van der Waals surface area contributed by atoms with Crippen LogP contribution in [-0.4, -0.2) is 10.1 Å². The Morgan fingerprint density at radius 2 is 0.754 bits per heavy atom. The molecular formula is C59H45NO. The van der Waals surface area contributed by atoms with Crippen LogP contribution in [0.2, 0.25) is 0 Å². The predicted molar refractivity (Wildman–Crippen MR) is 252 cm³/mol. The number of hydrogen-bond acceptors (Lipinski definition) is 2. The van der Waals surface area contributed by atoms with Crippen molar-refractivity contribution < 1.29 is 5.11 Å². The van der Waals surface area contributed by atoms with E-state index in [9.17, 15) is 5.11 Å². The molecule has 1 aromatic heterocycles. The third-order valence-electron chi connectivity index (χ3n) is 13.6. The molecule has 0 saturated carbocycles. The number of nitrogens with zero attached hydrogens (tertiary/aromatic N) is 1. The first-order chi connectivity index (χ1) is 29.7. The molecule has 0 unspecified atom stereocenters. The van der Waals surface area contributed by atoms with Crippen molar-refractivity contribution in [2.24, 2.45) is 0 Å². The van der Waals surface area contributed by atoms with Crippen molar-refractivity contribution in [1.82, 2.24) is 4.98 Å². The van der Waals surface area contributed by atoms with E-state index in [4.69, 9.17) is 4.98 Å². The molecule has 0 atom stereocenters. The molecule has 2 aliphatic carbocycles. The number of aromatic hydroxyl groups is 1. The maximum absolute atomic E-state index is 12.5. The van der Waals surface area contributed by atoms with E-state index in [0.29, 0.717) is 5.75 Å². The summed E-state index contributed by atoms with van der Waals surface area (Å²) in [7, 11) is 0. The molecule has 0 amide bonds. The van der Waals surface area contributed by atoms with E-state index in [-0.39, 0.29) is 5.41 Å². The van der Waals surface area contributed by atoms with Gasteiger partial charge in [-0.2, -0.15) is 0 Å². The first kappa shape index (κ1) is 36.8. The third kappa shape index (κ3) is 5.52. The molecule has 0 radical (unpaired) electrons. The number of pyridine rings is 1. The Balaban J connectivity index is 1.02. The van der Waals surface area contributed by atoms with Crippen LogP contribution >= 0.6 is 0 Å². The van der Waals surface area contributed by atoms with E-state index < -0.39 is 5.41 Å². The zero-order valence-corrected chi connectivity index (χ0v) is 34.9. The van der Waals surface area contributed by atoms with Crippen molar-refractivity contribution in [2.75, 3.05) is 0 Å². The molecule has 0 saturated heterocycles. The molecule has 2 heteroatoms. The van der Waals surface area contributed by atoms with Crippen molar-refractivity contribution in [3.05, 3.63) is 239 Å². The number of phenols is 1. The Morgan fingerprint density at radius 3 is 1.28 bits per heavy atom. The topological polar surface area (TPSA) is 33.1 Å². The zero-order valence-electron chi connectivity index (χ0n) is 34.9. The molecule has 2 aliphatic rings. The molecule has 1 N–H and O–H groups in total. The quantitative estimate of drug-likeness (QED) is 0.182. The zero-order chi connectivity index (χ0) is 41.5. The van der Waals surface area contributed by atoms with Gasteiger partial charge in [-0.05, 0) is 124 Å². The number of rotatable bonds is 6. The summed E-state index contributed by atoms with van der Waals surface area (Å²) in [5.41, 5.74) is 21.6. The minimum Gasteiger partial charge on any atom is -0.507 e. The van der Waals surface area contributed by atoms with Gasteiger partial charge in [-0.25, -0.2) is 4.98 Å². The molecule has 0 fully saturated rings. The highest BCUT2D eigenvalue weighted by molar-refractivity contribution is 5.91. The molecule has 2 nitrogen and oxygen atoms in total. The van der Waals surface area contributed by atoms with Crippen LogP contribution < -0.4 is 0 Å². The highest BCUT2D eigenvalue weighted by Crippen LogP contribution is 2.56. The van der Waals surface area contributed by atoms with Gasteiger partial charge in [-0.15, -0.1) is 0 Å². The van der Waals surface area contributed by atoms with Crippen LogP contribution in [0.15, 0.2) is 194 Å². The Labute approximate surface area is 358 Å². The molecular weight excluding hydrogens is 739 g/mol. The first-order valence-electron chi connectivity index (χ1n) is 21.3. The van der Waals surface area contributed by atoms with Crippen LogP contribution in [0.5, 0.6) is 5.75 Å². The maximum atomic E-state index is 12.5. The number of fused-ring (bicyclic) bond motifs is 6. The Hall–Kier alpha value is -7.29. The van der Waals surface area contributed by atoms with Crippen LogP contribution in [0.1, 0.15) is 58.4 Å². The van der Waals surface area contributed by atoms with Gasteiger partial charge in [-0.1, -0.05) is 175 Å². The van der Waals surface area contributed by atoms with Crippen LogP contribution in [0.4, 0.5) is 0 Å². The SMILES string of the molecule is Cc1cc(-c2ccccc2-c2cccc(-c3ccccc3-c3cc(C)cc(C4(C)c5ccccc5-c5ccccc54)c3O)n2)cc(C2(C)c3ccccc3-c3ccccc32)c1. The summed E-state index contributed by atoms with van der Waals surface area (Å²) in [6, 6.07) is 69.6. The molecule has 0 spiro atoms. The summed E-state index contributed by atoms with van der Waals surface area (Å²) in [5.74, 6) is 0.296. The normalized spacial score (nSPS) is 13.9. The van der Waals surface area contributed by atoms with Crippen molar-refractivity contribution in [2.45, 2.75) is 38.5 Å². The van der Waals surface area contributed by atoms with Gasteiger partial charge >= 0.3 is 0 Å². The average molecular weight is 784 g/mol. The summed E-state index contributed by atoms with van der Waals surface area (Å²) in [6.45, 7) is 8.97. The van der Waals surface area contributed by atoms with E-state index in [1.807, 2.05) is 0 Å². The molecule has 8 aromatic carbocycles. The molecule has 11 rings (SSSR count). The minimum absolute atomic E-state index is 0.296. The van der Waals surface area contributed by atoms with Crippen LogP contribution in [0.3, 0.4) is 0 Å². The lowest BCUT2D eigenvalue weighted by molar-refractivity contribution is 0.460. The second-order valence-corrected chi connectivity index (χ2v) is 17.2. The number of phenolic OH excluding ortho intramolecular Hbond substituents is 1. The third-order valence-corrected chi connectivity index (χ3v) is 13.6. The van der Waals surface area contributed by atoms with Gasteiger partial charge in [0.25, 0.3) is 0 Å². The Morgan fingerprint density at radius 1 is 0.344 bits per heavy atom. The average Bonchev–Trinajstić information content (AvgIpc) is 3.73. The molecule has 0 aliphatic heterocycles. The van der Waals surface area contributed by atoms with E-state index in [1.165, 1.54) is 61.2 Å². The largest absolute Gasteiger partial charge is 0.507 e. The molecule has 292 valence electrons. The lowest BCUT2D eigenvalue weighted by Crippen LogP contribution is -2.23.